The average molecular weight is 591 g/mol. The summed E-state index contributed by atoms with van der Waals surface area (Å²) in [7, 11) is 1.64. The minimum absolute atomic E-state index is 0.0814. The highest BCUT2D eigenvalue weighted by Crippen LogP contribution is 2.38. The number of likely N-dealkylation sites (tertiary alicyclic amines) is 1. The molecule has 3 amide bonds. The first-order chi connectivity index (χ1) is 19.8. The molecule has 42 heavy (non-hydrogen) atoms. The van der Waals surface area contributed by atoms with Crippen LogP contribution in [0.2, 0.25) is 0 Å². The maximum Gasteiger partial charge on any atom is 0.407 e. The molecule has 3 heterocycles. The van der Waals surface area contributed by atoms with E-state index in [1.54, 1.807) is 33.6 Å². The number of morpholine rings is 1. The van der Waals surface area contributed by atoms with Gasteiger partial charge in [0.05, 0.1) is 36.9 Å². The van der Waals surface area contributed by atoms with Gasteiger partial charge in [0.2, 0.25) is 5.91 Å². The zero-order valence-corrected chi connectivity index (χ0v) is 26.4. The van der Waals surface area contributed by atoms with Gasteiger partial charge in [0.25, 0.3) is 5.91 Å². The van der Waals surface area contributed by atoms with Gasteiger partial charge in [-0.1, -0.05) is 34.6 Å². The van der Waals surface area contributed by atoms with Gasteiger partial charge in [-0.2, -0.15) is 0 Å². The summed E-state index contributed by atoms with van der Waals surface area (Å²) >= 11 is 0. The number of ether oxygens (including phenoxy) is 2. The van der Waals surface area contributed by atoms with E-state index in [0.717, 1.165) is 12.8 Å². The number of carboxylic acid groups (broad SMARTS) is 1. The number of aromatic nitrogens is 1. The molecule has 236 valence electrons. The summed E-state index contributed by atoms with van der Waals surface area (Å²) in [5, 5.41) is 10.4. The molecule has 3 rings (SSSR count). The van der Waals surface area contributed by atoms with Crippen LogP contribution >= 0.6 is 0 Å². The molecule has 0 bridgehead atoms. The summed E-state index contributed by atoms with van der Waals surface area (Å²) in [5.74, 6) is -0.986. The number of carbonyl (C=O) groups excluding carboxylic acids is 3. The summed E-state index contributed by atoms with van der Waals surface area (Å²) in [6.07, 6.45) is 0.763. The topological polar surface area (TPSA) is 122 Å². The molecule has 11 nitrogen and oxygen atoms in total. The molecule has 2 saturated heterocycles. The van der Waals surface area contributed by atoms with Gasteiger partial charge in [0.15, 0.2) is 5.78 Å². The lowest BCUT2D eigenvalue weighted by Gasteiger charge is -2.52. The zero-order valence-electron chi connectivity index (χ0n) is 26.4. The van der Waals surface area contributed by atoms with Crippen molar-refractivity contribution in [3.63, 3.8) is 0 Å². The number of unbranched alkanes of at least 4 members (excludes halogenated alkanes) is 1. The molecule has 11 heteroatoms. The first-order valence-electron chi connectivity index (χ1n) is 15.1. The first-order valence-corrected chi connectivity index (χ1v) is 15.1. The normalized spacial score (nSPS) is 21.5. The Balaban J connectivity index is 2.07. The van der Waals surface area contributed by atoms with Crippen LogP contribution in [0, 0.1) is 17.3 Å². The highest BCUT2D eigenvalue weighted by atomic mass is 16.5. The van der Waals surface area contributed by atoms with Crippen LogP contribution in [0.3, 0.4) is 0 Å². The van der Waals surface area contributed by atoms with Crippen molar-refractivity contribution in [3.05, 3.63) is 23.5 Å². The monoisotopic (exact) mass is 590 g/mol. The van der Waals surface area contributed by atoms with Gasteiger partial charge >= 0.3 is 6.09 Å². The molecular formula is C31H50N4O7. The second kappa shape index (κ2) is 14.5. The van der Waals surface area contributed by atoms with E-state index >= 15 is 0 Å². The van der Waals surface area contributed by atoms with Gasteiger partial charge < -0.3 is 33.8 Å². The fourth-order valence-corrected chi connectivity index (χ4v) is 6.44. The minimum Gasteiger partial charge on any atom is -0.465 e. The van der Waals surface area contributed by atoms with Gasteiger partial charge in [-0.3, -0.25) is 14.4 Å². The van der Waals surface area contributed by atoms with Gasteiger partial charge in [-0.05, 0) is 42.7 Å². The maximum atomic E-state index is 14.5. The van der Waals surface area contributed by atoms with Gasteiger partial charge in [0.1, 0.15) is 5.69 Å². The van der Waals surface area contributed by atoms with E-state index in [0.29, 0.717) is 63.8 Å². The maximum absolute atomic E-state index is 14.5. The molecule has 0 aliphatic carbocycles. The van der Waals surface area contributed by atoms with Crippen molar-refractivity contribution in [2.24, 2.45) is 17.3 Å². The standard InChI is InChI=1S/C31H50N4O7/c1-21(2)19-34(29(38)25-11-10-24(22(3)36)33(25)12-8-9-15-41-7)26-18-23(28(37)32-13-16-42-17-14-32)20-35(30(39)40)27(26)31(4,5)6/h10-11,21,23,26-27H,8-9,12-20H2,1-7H3,(H,39,40)/t23-,26+,27?/m1/s1. The Labute approximate surface area is 250 Å². The summed E-state index contributed by atoms with van der Waals surface area (Å²) in [5.41, 5.74) is 0.344. The van der Waals surface area contributed by atoms with E-state index in [1.807, 2.05) is 34.6 Å². The van der Waals surface area contributed by atoms with E-state index in [2.05, 4.69) is 0 Å². The van der Waals surface area contributed by atoms with Gasteiger partial charge in [0, 0.05) is 53.4 Å². The van der Waals surface area contributed by atoms with Crippen LogP contribution in [0.5, 0.6) is 0 Å². The van der Waals surface area contributed by atoms with E-state index in [4.69, 9.17) is 9.47 Å². The number of nitrogens with zero attached hydrogens (tertiary/aromatic N) is 4. The highest BCUT2D eigenvalue weighted by molar-refractivity contribution is 5.98. The number of rotatable bonds is 11. The number of amides is 3. The van der Waals surface area contributed by atoms with E-state index < -0.39 is 29.5 Å². The Bertz CT molecular complexity index is 1100. The summed E-state index contributed by atoms with van der Waals surface area (Å²) in [6, 6.07) is 2.31. The smallest absolute Gasteiger partial charge is 0.407 e. The molecular weight excluding hydrogens is 540 g/mol. The summed E-state index contributed by atoms with van der Waals surface area (Å²) in [6.45, 7) is 14.8. The number of carbonyl (C=O) groups is 4. The molecule has 2 fully saturated rings. The number of ketones is 1. The molecule has 0 saturated carbocycles. The van der Waals surface area contributed by atoms with Gasteiger partial charge in [-0.15, -0.1) is 0 Å². The molecule has 1 aromatic heterocycles. The number of methoxy groups -OCH3 is 1. The zero-order chi connectivity index (χ0) is 31.2. The second-order valence-corrected chi connectivity index (χ2v) is 13.0. The Hall–Kier alpha value is -2.92. The van der Waals surface area contributed by atoms with Crippen LogP contribution in [0.4, 0.5) is 4.79 Å². The molecule has 3 atom stereocenters. The van der Waals surface area contributed by atoms with Crippen molar-refractivity contribution in [1.29, 1.82) is 0 Å². The third-order valence-corrected chi connectivity index (χ3v) is 8.21. The number of piperidine rings is 1. The van der Waals surface area contributed by atoms with Crippen molar-refractivity contribution < 1.29 is 33.8 Å². The third-order valence-electron chi connectivity index (χ3n) is 8.21. The molecule has 0 spiro atoms. The van der Waals surface area contributed by atoms with Crippen LogP contribution in [-0.2, 0) is 20.8 Å². The van der Waals surface area contributed by atoms with Crippen LogP contribution in [-0.4, -0.2) is 113 Å². The fourth-order valence-electron chi connectivity index (χ4n) is 6.44. The van der Waals surface area contributed by atoms with Crippen LogP contribution in [0.25, 0.3) is 0 Å². The largest absolute Gasteiger partial charge is 0.465 e. The van der Waals surface area contributed by atoms with E-state index in [9.17, 15) is 24.3 Å². The average Bonchev–Trinajstić information content (AvgIpc) is 3.36. The van der Waals surface area contributed by atoms with Crippen LogP contribution in [0.15, 0.2) is 12.1 Å². The first kappa shape index (κ1) is 33.6. The lowest BCUT2D eigenvalue weighted by molar-refractivity contribution is -0.144. The minimum atomic E-state index is -1.10. The van der Waals surface area contributed by atoms with Crippen molar-refractivity contribution >= 4 is 23.7 Å². The highest BCUT2D eigenvalue weighted by Gasteiger charge is 2.50. The SMILES string of the molecule is COCCCCn1c(C(C)=O)ccc1C(=O)N(CC(C)C)[C@H]1C[C@@H](C(=O)N2CCOCC2)CN(C(=O)O)C1C(C)(C)C. The molecule has 2 aliphatic rings. The van der Waals surface area contributed by atoms with Crippen molar-refractivity contribution in [2.75, 3.05) is 53.1 Å². The molecule has 1 N–H and O–H groups in total. The Morgan fingerprint density at radius 2 is 1.74 bits per heavy atom. The van der Waals surface area contributed by atoms with Crippen molar-refractivity contribution in [1.82, 2.24) is 19.3 Å². The molecule has 2 aliphatic heterocycles. The Morgan fingerprint density at radius 1 is 1.10 bits per heavy atom. The van der Waals surface area contributed by atoms with Crippen LogP contribution in [0.1, 0.15) is 81.8 Å². The Morgan fingerprint density at radius 3 is 2.29 bits per heavy atom. The third kappa shape index (κ3) is 7.92. The van der Waals surface area contributed by atoms with Crippen LogP contribution < -0.4 is 0 Å². The second-order valence-electron chi connectivity index (χ2n) is 13.0. The Kier molecular flexibility index (Phi) is 11.6. The molecule has 0 radical (unpaired) electrons. The molecule has 0 aromatic carbocycles. The lowest BCUT2D eigenvalue weighted by atomic mass is 9.74. The number of Topliss-reactive ketones (excluding diaryl/α,β-unsaturated/α-hetero) is 1. The molecule has 1 unspecified atom stereocenters. The summed E-state index contributed by atoms with van der Waals surface area (Å²) < 4.78 is 12.4. The predicted octanol–water partition coefficient (Wildman–Crippen LogP) is 3.86. The quantitative estimate of drug-likeness (QED) is 0.307. The number of hydrogen-bond donors (Lipinski definition) is 1. The van der Waals surface area contributed by atoms with E-state index in [1.165, 1.54) is 11.8 Å². The fraction of sp³-hybridized carbons (Fsp3) is 0.742. The lowest BCUT2D eigenvalue weighted by Crippen LogP contribution is -2.66. The van der Waals surface area contributed by atoms with Crippen molar-refractivity contribution in [2.45, 2.75) is 79.4 Å². The van der Waals surface area contributed by atoms with Crippen molar-refractivity contribution in [3.8, 4) is 0 Å². The molecule has 1 aromatic rings. The predicted molar refractivity (Wildman–Crippen MR) is 159 cm³/mol. The number of hydrogen-bond acceptors (Lipinski definition) is 6. The van der Waals surface area contributed by atoms with Gasteiger partial charge in [-0.25, -0.2) is 4.79 Å². The summed E-state index contributed by atoms with van der Waals surface area (Å²) in [4.78, 5) is 58.4. The van der Waals surface area contributed by atoms with E-state index in [-0.39, 0.29) is 30.1 Å².